The van der Waals surface area contributed by atoms with Crippen molar-refractivity contribution in [2.24, 2.45) is 0 Å². The van der Waals surface area contributed by atoms with Crippen molar-refractivity contribution < 1.29 is 0 Å². The van der Waals surface area contributed by atoms with Crippen molar-refractivity contribution in [1.29, 1.82) is 0 Å². The molecule has 0 aliphatic heterocycles. The highest BCUT2D eigenvalue weighted by molar-refractivity contribution is 5.55. The van der Waals surface area contributed by atoms with Crippen molar-refractivity contribution in [3.8, 4) is 0 Å². The Labute approximate surface area is 110 Å². The van der Waals surface area contributed by atoms with Gasteiger partial charge in [-0.3, -0.25) is 0 Å². The molecule has 1 aromatic rings. The van der Waals surface area contributed by atoms with Gasteiger partial charge in [0.25, 0.3) is 0 Å². The van der Waals surface area contributed by atoms with Gasteiger partial charge in [0.2, 0.25) is 0 Å². The molecule has 1 nitrogen and oxygen atoms in total. The monoisotopic (exact) mass is 239 g/mol. The lowest BCUT2D eigenvalue weighted by Crippen LogP contribution is -2.13. The largest absolute Gasteiger partial charge is 0.345 e. The van der Waals surface area contributed by atoms with E-state index in [2.05, 4.69) is 49.8 Å². The molecule has 94 valence electrons. The van der Waals surface area contributed by atoms with Crippen LogP contribution >= 0.6 is 0 Å². The lowest BCUT2D eigenvalue weighted by Gasteiger charge is -2.20. The third-order valence-electron chi connectivity index (χ3n) is 2.84. The molecule has 1 heteroatoms. The van der Waals surface area contributed by atoms with Gasteiger partial charge < -0.3 is 4.90 Å². The van der Waals surface area contributed by atoms with Crippen molar-refractivity contribution in [2.75, 3.05) is 11.9 Å². The van der Waals surface area contributed by atoms with Crippen LogP contribution in [0.1, 0.15) is 12.5 Å². The molecule has 0 aromatic heterocycles. The van der Waals surface area contributed by atoms with Gasteiger partial charge in [-0.15, -0.1) is 0 Å². The maximum Gasteiger partial charge on any atom is 0.0410 e. The van der Waals surface area contributed by atoms with Crippen LogP contribution in [0.25, 0.3) is 0 Å². The zero-order valence-corrected chi connectivity index (χ0v) is 11.5. The van der Waals surface area contributed by atoms with Gasteiger partial charge >= 0.3 is 0 Å². The van der Waals surface area contributed by atoms with E-state index in [4.69, 9.17) is 0 Å². The second-order valence-electron chi connectivity index (χ2n) is 4.53. The number of aryl methyl sites for hydroxylation is 1. The zero-order valence-electron chi connectivity index (χ0n) is 11.5. The predicted octanol–water partition coefficient (Wildman–Crippen LogP) is 4.63. The van der Waals surface area contributed by atoms with Gasteiger partial charge in [-0.2, -0.15) is 0 Å². The topological polar surface area (TPSA) is 3.24 Å². The first-order valence-corrected chi connectivity index (χ1v) is 5.94. The van der Waals surface area contributed by atoms with Crippen LogP contribution in [0.2, 0.25) is 0 Å². The molecule has 0 spiro atoms. The predicted molar refractivity (Wildman–Crippen MR) is 81.8 cm³/mol. The highest BCUT2D eigenvalue weighted by atomic mass is 15.1. The lowest BCUT2D eigenvalue weighted by molar-refractivity contribution is 1.14. The molecule has 1 aromatic carbocycles. The van der Waals surface area contributed by atoms with Gasteiger partial charge in [0.1, 0.15) is 0 Å². The average Bonchev–Trinajstić information content (AvgIpc) is 2.34. The summed E-state index contributed by atoms with van der Waals surface area (Å²) in [5.74, 6) is 0. The van der Waals surface area contributed by atoms with E-state index >= 15 is 0 Å². The summed E-state index contributed by atoms with van der Waals surface area (Å²) in [6.45, 7) is 15.9. The molecule has 0 bridgehead atoms. The first kappa shape index (κ1) is 14.0. The molecule has 0 unspecified atom stereocenters. The van der Waals surface area contributed by atoms with E-state index in [9.17, 15) is 0 Å². The van der Waals surface area contributed by atoms with Crippen LogP contribution in [-0.2, 0) is 0 Å². The molecule has 0 aliphatic rings. The summed E-state index contributed by atoms with van der Waals surface area (Å²) in [6.07, 6.45) is 3.90. The maximum absolute atomic E-state index is 4.06. The average molecular weight is 239 g/mol. The highest BCUT2D eigenvalue weighted by Crippen LogP contribution is 2.19. The first-order valence-electron chi connectivity index (χ1n) is 5.94. The summed E-state index contributed by atoms with van der Waals surface area (Å²) in [5, 5.41) is 0. The maximum atomic E-state index is 4.06. The number of likely N-dealkylation sites (N-methyl/N-ethyl adjacent to an activating group) is 1. The van der Waals surface area contributed by atoms with Crippen LogP contribution < -0.4 is 4.90 Å². The van der Waals surface area contributed by atoms with Gasteiger partial charge in [0.15, 0.2) is 0 Å². The minimum Gasteiger partial charge on any atom is -0.345 e. The molecular formula is C17H21N. The zero-order chi connectivity index (χ0) is 13.7. The summed E-state index contributed by atoms with van der Waals surface area (Å²) >= 11 is 0. The molecule has 0 amide bonds. The Morgan fingerprint density at radius 2 is 1.83 bits per heavy atom. The molecule has 0 radical (unpaired) electrons. The van der Waals surface area contributed by atoms with Gasteiger partial charge in [-0.1, -0.05) is 43.5 Å². The summed E-state index contributed by atoms with van der Waals surface area (Å²) in [7, 11) is 2.00. The molecule has 0 atom stereocenters. The van der Waals surface area contributed by atoms with E-state index in [0.29, 0.717) is 0 Å². The van der Waals surface area contributed by atoms with Crippen LogP contribution in [0.4, 0.5) is 5.69 Å². The smallest absolute Gasteiger partial charge is 0.0410 e. The Balaban J connectivity index is 2.79. The molecule has 0 aliphatic carbocycles. The first-order chi connectivity index (χ1) is 8.41. The quantitative estimate of drug-likeness (QED) is 0.677. The van der Waals surface area contributed by atoms with Crippen molar-refractivity contribution in [2.45, 2.75) is 13.8 Å². The van der Waals surface area contributed by atoms with Gasteiger partial charge in [0.05, 0.1) is 0 Å². The van der Waals surface area contributed by atoms with E-state index in [1.807, 2.05) is 32.2 Å². The SMILES string of the molecule is C=C(C)C(=C)/C=C\C(=C)N(C)c1cccc(C)c1. The summed E-state index contributed by atoms with van der Waals surface area (Å²) in [4.78, 5) is 2.05. The van der Waals surface area contributed by atoms with Gasteiger partial charge in [0, 0.05) is 18.4 Å². The minimum absolute atomic E-state index is 0.919. The number of nitrogens with zero attached hydrogens (tertiary/aromatic N) is 1. The van der Waals surface area contributed by atoms with E-state index < -0.39 is 0 Å². The van der Waals surface area contributed by atoms with Crippen LogP contribution in [0.3, 0.4) is 0 Å². The van der Waals surface area contributed by atoms with Crippen molar-refractivity contribution >= 4 is 5.69 Å². The lowest BCUT2D eigenvalue weighted by atomic mass is 10.1. The van der Waals surface area contributed by atoms with Gasteiger partial charge in [-0.05, 0) is 43.2 Å². The molecule has 18 heavy (non-hydrogen) atoms. The third kappa shape index (κ3) is 3.77. The molecular weight excluding hydrogens is 218 g/mol. The van der Waals surface area contributed by atoms with Crippen LogP contribution in [0, 0.1) is 6.92 Å². The molecule has 0 saturated carbocycles. The molecule has 1 rings (SSSR count). The van der Waals surface area contributed by atoms with Crippen LogP contribution in [0.5, 0.6) is 0 Å². The summed E-state index contributed by atoms with van der Waals surface area (Å²) < 4.78 is 0. The summed E-state index contributed by atoms with van der Waals surface area (Å²) in [6, 6.07) is 8.33. The Kier molecular flexibility index (Phi) is 4.73. The number of anilines is 1. The Morgan fingerprint density at radius 1 is 1.17 bits per heavy atom. The second-order valence-corrected chi connectivity index (χ2v) is 4.53. The minimum atomic E-state index is 0.919. The molecule has 0 saturated heterocycles. The fourth-order valence-corrected chi connectivity index (χ4v) is 1.45. The number of hydrogen-bond donors (Lipinski definition) is 0. The summed E-state index contributed by atoms with van der Waals surface area (Å²) in [5.41, 5.74) is 5.18. The number of allylic oxidation sites excluding steroid dienone is 4. The highest BCUT2D eigenvalue weighted by Gasteiger charge is 2.02. The second kappa shape index (κ2) is 6.06. The van der Waals surface area contributed by atoms with Crippen LogP contribution in [-0.4, -0.2) is 7.05 Å². The third-order valence-corrected chi connectivity index (χ3v) is 2.84. The van der Waals surface area contributed by atoms with Crippen molar-refractivity contribution in [1.82, 2.24) is 0 Å². The van der Waals surface area contributed by atoms with E-state index in [0.717, 1.165) is 22.5 Å². The van der Waals surface area contributed by atoms with Crippen LogP contribution in [0.15, 0.2) is 73.0 Å². The molecule has 0 N–H and O–H groups in total. The molecule has 0 fully saturated rings. The number of rotatable bonds is 5. The fraction of sp³-hybridized carbons (Fsp3) is 0.176. The Bertz CT molecular complexity index is 506. The number of benzene rings is 1. The van der Waals surface area contributed by atoms with E-state index in [1.54, 1.807) is 0 Å². The van der Waals surface area contributed by atoms with E-state index in [1.165, 1.54) is 5.56 Å². The van der Waals surface area contributed by atoms with Gasteiger partial charge in [-0.25, -0.2) is 0 Å². The Hall–Kier alpha value is -2.02. The number of hydrogen-bond acceptors (Lipinski definition) is 1. The van der Waals surface area contributed by atoms with Crippen molar-refractivity contribution in [3.63, 3.8) is 0 Å². The standard InChI is InChI=1S/C17H21N/c1-13(2)15(4)10-11-16(5)18(6)17-9-7-8-14(3)12-17/h7-12H,1,4-5H2,2-3,6H3/b11-10-. The Morgan fingerprint density at radius 3 is 2.39 bits per heavy atom. The van der Waals surface area contributed by atoms with E-state index in [-0.39, 0.29) is 0 Å². The molecule has 0 heterocycles. The normalized spacial score (nSPS) is 10.4. The van der Waals surface area contributed by atoms with Crippen molar-refractivity contribution in [3.05, 3.63) is 78.6 Å². The fourth-order valence-electron chi connectivity index (χ4n) is 1.45.